The van der Waals surface area contributed by atoms with Crippen LogP contribution in [0.25, 0.3) is 11.4 Å². The number of carbonyl (C=O) groups excluding carboxylic acids is 1. The maximum atomic E-state index is 13.8. The van der Waals surface area contributed by atoms with Crippen molar-refractivity contribution < 1.29 is 13.6 Å². The molecule has 9 heteroatoms. The summed E-state index contributed by atoms with van der Waals surface area (Å²) in [6.07, 6.45) is 1.63. The van der Waals surface area contributed by atoms with E-state index in [9.17, 15) is 9.18 Å². The monoisotopic (exact) mass is 429 g/mol. The molecule has 1 fully saturated rings. The van der Waals surface area contributed by atoms with Gasteiger partial charge in [0.2, 0.25) is 5.91 Å². The summed E-state index contributed by atoms with van der Waals surface area (Å²) in [5, 5.41) is 9.14. The third-order valence-electron chi connectivity index (χ3n) is 5.34. The molecule has 1 saturated heterocycles. The number of amides is 1. The number of halogens is 1. The smallest absolute Gasteiger partial charge is 0.233 e. The summed E-state index contributed by atoms with van der Waals surface area (Å²) >= 11 is 1.38. The number of thioether (sulfide) groups is 1. The summed E-state index contributed by atoms with van der Waals surface area (Å²) in [7, 11) is 1.88. The zero-order chi connectivity index (χ0) is 21.1. The summed E-state index contributed by atoms with van der Waals surface area (Å²) in [5.41, 5.74) is 1.59. The molecule has 1 aliphatic rings. The molecule has 7 nitrogen and oxygen atoms in total. The van der Waals surface area contributed by atoms with Gasteiger partial charge in [0.1, 0.15) is 11.6 Å². The molecule has 158 valence electrons. The van der Waals surface area contributed by atoms with Gasteiger partial charge in [0, 0.05) is 45.3 Å². The number of aryl methyl sites for hydroxylation is 1. The van der Waals surface area contributed by atoms with Crippen LogP contribution >= 0.6 is 11.8 Å². The van der Waals surface area contributed by atoms with Crippen molar-refractivity contribution in [3.05, 3.63) is 53.7 Å². The first-order chi connectivity index (χ1) is 14.5. The van der Waals surface area contributed by atoms with Gasteiger partial charge in [-0.1, -0.05) is 30.0 Å². The molecule has 0 atom stereocenters. The molecule has 0 spiro atoms. The molecule has 0 aliphatic carbocycles. The first-order valence-electron chi connectivity index (χ1n) is 9.83. The molecule has 0 unspecified atom stereocenters. The lowest BCUT2D eigenvalue weighted by Gasteiger charge is -2.34. The molecule has 0 N–H and O–H groups in total. The Hall–Kier alpha value is -2.65. The highest BCUT2D eigenvalue weighted by atomic mass is 32.2. The Morgan fingerprint density at radius 3 is 2.63 bits per heavy atom. The molecule has 30 heavy (non-hydrogen) atoms. The summed E-state index contributed by atoms with van der Waals surface area (Å²) in [6.45, 7) is 5.21. The average Bonchev–Trinajstić information content (AvgIpc) is 3.33. The average molecular weight is 430 g/mol. The molecule has 0 saturated carbocycles. The minimum atomic E-state index is -0.180. The first kappa shape index (κ1) is 20.6. The molecular formula is C21H24FN5O2S. The van der Waals surface area contributed by atoms with Crippen molar-refractivity contribution in [2.45, 2.75) is 18.6 Å². The standard InChI is InChI=1S/C21H24FN5O2S/c1-15-17(7-12-29-15)20-23-24-21(25(20)2)30-14-19(28)27-10-8-26(9-11-27)13-16-5-3-4-6-18(16)22/h3-7,12H,8-11,13-14H2,1-2H3. The SMILES string of the molecule is Cc1occc1-c1nnc(SCC(=O)N2CCN(Cc3ccccc3F)CC2)n1C. The van der Waals surface area contributed by atoms with Gasteiger partial charge in [-0.15, -0.1) is 10.2 Å². The third kappa shape index (κ3) is 4.41. The van der Waals surface area contributed by atoms with E-state index in [1.165, 1.54) is 17.8 Å². The number of carbonyl (C=O) groups is 1. The van der Waals surface area contributed by atoms with Crippen LogP contribution in [0.5, 0.6) is 0 Å². The number of benzene rings is 1. The van der Waals surface area contributed by atoms with Crippen LogP contribution in [0.2, 0.25) is 0 Å². The second-order valence-electron chi connectivity index (χ2n) is 7.29. The largest absolute Gasteiger partial charge is 0.469 e. The number of rotatable bonds is 6. The van der Waals surface area contributed by atoms with Crippen molar-refractivity contribution in [3.8, 4) is 11.4 Å². The number of aromatic nitrogens is 3. The highest BCUT2D eigenvalue weighted by molar-refractivity contribution is 7.99. The van der Waals surface area contributed by atoms with Gasteiger partial charge in [-0.05, 0) is 19.1 Å². The van der Waals surface area contributed by atoms with Crippen molar-refractivity contribution in [3.63, 3.8) is 0 Å². The predicted octanol–water partition coefficient (Wildman–Crippen LogP) is 2.96. The zero-order valence-electron chi connectivity index (χ0n) is 17.0. The minimum absolute atomic E-state index is 0.0783. The lowest BCUT2D eigenvalue weighted by Crippen LogP contribution is -2.48. The molecule has 4 rings (SSSR count). The van der Waals surface area contributed by atoms with Crippen LogP contribution in [0.3, 0.4) is 0 Å². The van der Waals surface area contributed by atoms with Crippen LogP contribution in [0.1, 0.15) is 11.3 Å². The number of hydrogen-bond donors (Lipinski definition) is 0. The highest BCUT2D eigenvalue weighted by Crippen LogP contribution is 2.26. The third-order valence-corrected chi connectivity index (χ3v) is 6.34. The van der Waals surface area contributed by atoms with Crippen molar-refractivity contribution in [1.82, 2.24) is 24.6 Å². The second-order valence-corrected chi connectivity index (χ2v) is 8.24. The number of piperazine rings is 1. The van der Waals surface area contributed by atoms with E-state index in [0.29, 0.717) is 36.1 Å². The topological polar surface area (TPSA) is 67.4 Å². The van der Waals surface area contributed by atoms with Gasteiger partial charge in [-0.3, -0.25) is 9.69 Å². The van der Waals surface area contributed by atoms with Gasteiger partial charge in [-0.25, -0.2) is 4.39 Å². The van der Waals surface area contributed by atoms with E-state index < -0.39 is 0 Å². The van der Waals surface area contributed by atoms with Crippen LogP contribution in [-0.2, 0) is 18.4 Å². The maximum Gasteiger partial charge on any atom is 0.233 e. The van der Waals surface area contributed by atoms with Crippen LogP contribution < -0.4 is 0 Å². The second kappa shape index (κ2) is 9.01. The number of furan rings is 1. The van der Waals surface area contributed by atoms with E-state index in [2.05, 4.69) is 15.1 Å². The van der Waals surface area contributed by atoms with E-state index in [-0.39, 0.29) is 11.7 Å². The fourth-order valence-corrected chi connectivity index (χ4v) is 4.35. The maximum absolute atomic E-state index is 13.8. The molecule has 2 aromatic heterocycles. The molecule has 0 bridgehead atoms. The van der Waals surface area contributed by atoms with E-state index in [1.54, 1.807) is 12.3 Å². The summed E-state index contributed by atoms with van der Waals surface area (Å²) in [4.78, 5) is 16.7. The highest BCUT2D eigenvalue weighted by Gasteiger charge is 2.23. The lowest BCUT2D eigenvalue weighted by atomic mass is 10.2. The van der Waals surface area contributed by atoms with Crippen LogP contribution in [0, 0.1) is 12.7 Å². The molecule has 3 aromatic rings. The van der Waals surface area contributed by atoms with Gasteiger partial charge in [-0.2, -0.15) is 0 Å². The normalized spacial score (nSPS) is 15.0. The van der Waals surface area contributed by atoms with Crippen molar-refractivity contribution >= 4 is 17.7 Å². The molecule has 1 aromatic carbocycles. The fourth-order valence-electron chi connectivity index (χ4n) is 3.53. The molecular weight excluding hydrogens is 405 g/mol. The van der Waals surface area contributed by atoms with Crippen molar-refractivity contribution in [2.24, 2.45) is 7.05 Å². The van der Waals surface area contributed by atoms with E-state index in [4.69, 9.17) is 4.42 Å². The van der Waals surface area contributed by atoms with Gasteiger partial charge >= 0.3 is 0 Å². The predicted molar refractivity (Wildman–Crippen MR) is 112 cm³/mol. The van der Waals surface area contributed by atoms with E-state index in [1.807, 2.05) is 41.6 Å². The molecule has 1 amide bonds. The van der Waals surface area contributed by atoms with E-state index >= 15 is 0 Å². The summed E-state index contributed by atoms with van der Waals surface area (Å²) < 4.78 is 21.1. The summed E-state index contributed by atoms with van der Waals surface area (Å²) in [5.74, 6) is 1.71. The van der Waals surface area contributed by atoms with Crippen molar-refractivity contribution in [2.75, 3.05) is 31.9 Å². The van der Waals surface area contributed by atoms with E-state index in [0.717, 1.165) is 30.2 Å². The van der Waals surface area contributed by atoms with Gasteiger partial charge in [0.25, 0.3) is 0 Å². The Bertz CT molecular complexity index is 1030. The summed E-state index contributed by atoms with van der Waals surface area (Å²) in [6, 6.07) is 8.70. The Morgan fingerprint density at radius 2 is 1.93 bits per heavy atom. The molecule has 3 heterocycles. The Morgan fingerprint density at radius 1 is 1.17 bits per heavy atom. The Kier molecular flexibility index (Phi) is 6.19. The van der Waals surface area contributed by atoms with Gasteiger partial charge in [0.05, 0.1) is 17.6 Å². The van der Waals surface area contributed by atoms with Gasteiger partial charge in [0.15, 0.2) is 11.0 Å². The Balaban J connectivity index is 1.28. The number of hydrogen-bond acceptors (Lipinski definition) is 6. The molecule has 0 radical (unpaired) electrons. The Labute approximate surface area is 178 Å². The molecule has 1 aliphatic heterocycles. The number of nitrogens with zero attached hydrogens (tertiary/aromatic N) is 5. The first-order valence-corrected chi connectivity index (χ1v) is 10.8. The van der Waals surface area contributed by atoms with Gasteiger partial charge < -0.3 is 13.9 Å². The fraction of sp³-hybridized carbons (Fsp3) is 0.381. The minimum Gasteiger partial charge on any atom is -0.469 e. The van der Waals surface area contributed by atoms with Crippen molar-refractivity contribution in [1.29, 1.82) is 0 Å². The van der Waals surface area contributed by atoms with Crippen LogP contribution in [0.4, 0.5) is 4.39 Å². The zero-order valence-corrected chi connectivity index (χ0v) is 17.9. The lowest BCUT2D eigenvalue weighted by molar-refractivity contribution is -0.130. The van der Waals surface area contributed by atoms with Crippen LogP contribution in [0.15, 0.2) is 46.2 Å². The quantitative estimate of drug-likeness (QED) is 0.562. The van der Waals surface area contributed by atoms with Crippen LogP contribution in [-0.4, -0.2) is 62.4 Å².